The van der Waals surface area contributed by atoms with Gasteiger partial charge < -0.3 is 15.4 Å². The lowest BCUT2D eigenvalue weighted by Crippen LogP contribution is -2.38. The zero-order valence-electron chi connectivity index (χ0n) is 19.4. The van der Waals surface area contributed by atoms with Gasteiger partial charge in [0, 0.05) is 17.6 Å². The highest BCUT2D eigenvalue weighted by molar-refractivity contribution is 9.10. The van der Waals surface area contributed by atoms with Gasteiger partial charge in [0.2, 0.25) is 5.91 Å². The molecular formula is C26H26BrN3O5S. The molecule has 2 amide bonds. The minimum Gasteiger partial charge on any atom is -0.376 e. The van der Waals surface area contributed by atoms with Crippen LogP contribution in [0.25, 0.3) is 0 Å². The summed E-state index contributed by atoms with van der Waals surface area (Å²) in [5.41, 5.74) is 0.907. The van der Waals surface area contributed by atoms with E-state index < -0.39 is 22.5 Å². The van der Waals surface area contributed by atoms with Crippen LogP contribution in [0.4, 0.5) is 11.4 Å². The van der Waals surface area contributed by atoms with Crippen LogP contribution in [0.1, 0.15) is 23.2 Å². The molecule has 0 aliphatic carbocycles. The van der Waals surface area contributed by atoms with E-state index in [0.29, 0.717) is 24.5 Å². The van der Waals surface area contributed by atoms with Gasteiger partial charge in [0.05, 0.1) is 27.9 Å². The maximum absolute atomic E-state index is 13.5. The Morgan fingerprint density at radius 3 is 2.36 bits per heavy atom. The summed E-state index contributed by atoms with van der Waals surface area (Å²) in [5.74, 6) is -0.931. The van der Waals surface area contributed by atoms with Crippen molar-refractivity contribution in [2.24, 2.45) is 0 Å². The molecule has 8 nitrogen and oxygen atoms in total. The molecule has 1 saturated heterocycles. The first-order valence-corrected chi connectivity index (χ1v) is 13.7. The molecule has 188 valence electrons. The predicted octanol–water partition coefficient (Wildman–Crippen LogP) is 4.19. The van der Waals surface area contributed by atoms with E-state index in [0.717, 1.165) is 21.6 Å². The fourth-order valence-electron chi connectivity index (χ4n) is 3.86. The number of sulfonamides is 1. The summed E-state index contributed by atoms with van der Waals surface area (Å²) in [5, 5.41) is 5.55. The smallest absolute Gasteiger partial charge is 0.264 e. The molecule has 1 fully saturated rings. The molecule has 0 aromatic heterocycles. The number of para-hydroxylation sites is 1. The van der Waals surface area contributed by atoms with Gasteiger partial charge in [-0.25, -0.2) is 8.42 Å². The molecule has 4 rings (SSSR count). The molecule has 10 heteroatoms. The summed E-state index contributed by atoms with van der Waals surface area (Å²) in [6, 6.07) is 21.2. The van der Waals surface area contributed by atoms with Gasteiger partial charge >= 0.3 is 0 Å². The first kappa shape index (κ1) is 25.9. The molecule has 1 heterocycles. The van der Waals surface area contributed by atoms with Crippen molar-refractivity contribution in [3.05, 3.63) is 88.9 Å². The Morgan fingerprint density at radius 1 is 0.972 bits per heavy atom. The Labute approximate surface area is 218 Å². The molecule has 0 unspecified atom stereocenters. The zero-order chi connectivity index (χ0) is 25.5. The zero-order valence-corrected chi connectivity index (χ0v) is 21.8. The SMILES string of the molecule is O=C(CN(c1ccc(Br)cc1)S(=O)(=O)c1ccccc1)Nc1ccccc1C(=O)NC[C@H]1CCCO1. The average Bonchev–Trinajstić information content (AvgIpc) is 3.41. The van der Waals surface area contributed by atoms with Crippen LogP contribution in [-0.4, -0.2) is 46.0 Å². The van der Waals surface area contributed by atoms with Crippen LogP contribution in [0.5, 0.6) is 0 Å². The van der Waals surface area contributed by atoms with Crippen LogP contribution < -0.4 is 14.9 Å². The van der Waals surface area contributed by atoms with Crippen molar-refractivity contribution in [2.45, 2.75) is 23.8 Å². The van der Waals surface area contributed by atoms with Crippen molar-refractivity contribution in [2.75, 3.05) is 29.3 Å². The lowest BCUT2D eigenvalue weighted by molar-refractivity contribution is -0.114. The van der Waals surface area contributed by atoms with Crippen molar-refractivity contribution >= 4 is 49.1 Å². The highest BCUT2D eigenvalue weighted by Crippen LogP contribution is 2.26. The van der Waals surface area contributed by atoms with E-state index in [9.17, 15) is 18.0 Å². The highest BCUT2D eigenvalue weighted by atomic mass is 79.9. The van der Waals surface area contributed by atoms with Crippen molar-refractivity contribution in [3.63, 3.8) is 0 Å². The Morgan fingerprint density at radius 2 is 1.67 bits per heavy atom. The molecule has 2 N–H and O–H groups in total. The van der Waals surface area contributed by atoms with Crippen LogP contribution in [0.15, 0.2) is 88.2 Å². The molecule has 1 aliphatic heterocycles. The van der Waals surface area contributed by atoms with E-state index in [-0.39, 0.29) is 22.5 Å². The number of carbonyl (C=O) groups is 2. The molecular weight excluding hydrogens is 546 g/mol. The topological polar surface area (TPSA) is 105 Å². The third kappa shape index (κ3) is 6.31. The molecule has 1 atom stereocenters. The van der Waals surface area contributed by atoms with Gasteiger partial charge in [-0.1, -0.05) is 46.3 Å². The molecule has 0 bridgehead atoms. The Bertz CT molecular complexity index is 1310. The van der Waals surface area contributed by atoms with Gasteiger partial charge in [0.25, 0.3) is 15.9 Å². The van der Waals surface area contributed by atoms with Crippen LogP contribution in [0.2, 0.25) is 0 Å². The number of nitrogens with one attached hydrogen (secondary N) is 2. The molecule has 3 aromatic rings. The van der Waals surface area contributed by atoms with Crippen molar-refractivity contribution in [1.82, 2.24) is 5.32 Å². The quantitative estimate of drug-likeness (QED) is 0.400. The van der Waals surface area contributed by atoms with Gasteiger partial charge in [-0.15, -0.1) is 0 Å². The summed E-state index contributed by atoms with van der Waals surface area (Å²) >= 11 is 3.35. The largest absolute Gasteiger partial charge is 0.376 e. The van der Waals surface area contributed by atoms with E-state index in [1.165, 1.54) is 12.1 Å². The minimum atomic E-state index is -4.03. The maximum Gasteiger partial charge on any atom is 0.264 e. The van der Waals surface area contributed by atoms with Crippen molar-refractivity contribution < 1.29 is 22.7 Å². The number of carbonyl (C=O) groups excluding carboxylic acids is 2. The number of rotatable bonds is 9. The number of halogens is 1. The summed E-state index contributed by atoms with van der Waals surface area (Å²) in [6.07, 6.45) is 1.84. The number of benzene rings is 3. The molecule has 0 radical (unpaired) electrons. The number of amides is 2. The van der Waals surface area contributed by atoms with E-state index >= 15 is 0 Å². The third-order valence-electron chi connectivity index (χ3n) is 5.69. The van der Waals surface area contributed by atoms with Crippen LogP contribution >= 0.6 is 15.9 Å². The second kappa shape index (κ2) is 11.7. The van der Waals surface area contributed by atoms with Gasteiger partial charge in [0.1, 0.15) is 6.54 Å². The van der Waals surface area contributed by atoms with Crippen LogP contribution in [-0.2, 0) is 19.6 Å². The number of hydrogen-bond acceptors (Lipinski definition) is 5. The Balaban J connectivity index is 1.54. The highest BCUT2D eigenvalue weighted by Gasteiger charge is 2.27. The average molecular weight is 572 g/mol. The van der Waals surface area contributed by atoms with Crippen LogP contribution in [0, 0.1) is 0 Å². The second-order valence-electron chi connectivity index (χ2n) is 8.24. The van der Waals surface area contributed by atoms with E-state index in [2.05, 4.69) is 26.6 Å². The Kier molecular flexibility index (Phi) is 8.40. The lowest BCUT2D eigenvalue weighted by Gasteiger charge is -2.24. The number of hydrogen-bond donors (Lipinski definition) is 2. The molecule has 0 saturated carbocycles. The second-order valence-corrected chi connectivity index (χ2v) is 11.0. The lowest BCUT2D eigenvalue weighted by atomic mass is 10.1. The molecule has 0 spiro atoms. The third-order valence-corrected chi connectivity index (χ3v) is 8.01. The number of nitrogens with zero attached hydrogens (tertiary/aromatic N) is 1. The van der Waals surface area contributed by atoms with Gasteiger partial charge in [-0.2, -0.15) is 0 Å². The van der Waals surface area contributed by atoms with E-state index in [1.54, 1.807) is 66.7 Å². The summed E-state index contributed by atoms with van der Waals surface area (Å²) in [7, 11) is -4.03. The number of anilines is 2. The minimum absolute atomic E-state index is 0.0154. The molecule has 1 aliphatic rings. The van der Waals surface area contributed by atoms with Gasteiger partial charge in [0.15, 0.2) is 0 Å². The first-order chi connectivity index (χ1) is 17.3. The monoisotopic (exact) mass is 571 g/mol. The summed E-state index contributed by atoms with van der Waals surface area (Å²) in [4.78, 5) is 26.0. The maximum atomic E-state index is 13.5. The van der Waals surface area contributed by atoms with Crippen molar-refractivity contribution in [3.8, 4) is 0 Å². The van der Waals surface area contributed by atoms with Gasteiger partial charge in [-0.05, 0) is 61.4 Å². The summed E-state index contributed by atoms with van der Waals surface area (Å²) in [6.45, 7) is 0.590. The fourth-order valence-corrected chi connectivity index (χ4v) is 5.57. The predicted molar refractivity (Wildman–Crippen MR) is 141 cm³/mol. The summed E-state index contributed by atoms with van der Waals surface area (Å²) < 4.78 is 34.3. The Hall–Kier alpha value is -3.21. The normalized spacial score (nSPS) is 15.3. The molecule has 36 heavy (non-hydrogen) atoms. The van der Waals surface area contributed by atoms with Crippen molar-refractivity contribution in [1.29, 1.82) is 0 Å². The fraction of sp³-hybridized carbons (Fsp3) is 0.231. The standard InChI is InChI=1S/C26H26BrN3O5S/c27-19-12-14-20(15-13-19)30(36(33,34)22-8-2-1-3-9-22)18-25(31)29-24-11-5-4-10-23(24)26(32)28-17-21-7-6-16-35-21/h1-5,8-15,21H,6-7,16-18H2,(H,28,32)(H,29,31)/t21-/m1/s1. The van der Waals surface area contributed by atoms with Crippen LogP contribution in [0.3, 0.4) is 0 Å². The first-order valence-electron chi connectivity index (χ1n) is 11.5. The van der Waals surface area contributed by atoms with E-state index in [1.807, 2.05) is 0 Å². The van der Waals surface area contributed by atoms with Gasteiger partial charge in [-0.3, -0.25) is 13.9 Å². The number of ether oxygens (including phenoxy) is 1. The molecule has 3 aromatic carbocycles. The van der Waals surface area contributed by atoms with E-state index in [4.69, 9.17) is 4.74 Å².